The van der Waals surface area contributed by atoms with Crippen LogP contribution in [-0.2, 0) is 11.2 Å². The molecule has 1 saturated carbocycles. The number of carbonyl (C=O) groups excluding carboxylic acids is 1. The summed E-state index contributed by atoms with van der Waals surface area (Å²) in [7, 11) is 0. The number of hydrogen-bond acceptors (Lipinski definition) is 4. The van der Waals surface area contributed by atoms with E-state index in [4.69, 9.17) is 9.26 Å². The number of aryl methyl sites for hydroxylation is 1. The standard InChI is InChI=1S/C16H25NO3/c1-5-14-13(9-19-17-14)16(18)20-15-8-11(4)6-7-12(15)10(2)3/h9-12,15H,5-8H2,1-4H3/t11-,12+,15-/m1/s1. The second kappa shape index (κ2) is 6.42. The summed E-state index contributed by atoms with van der Waals surface area (Å²) >= 11 is 0. The molecule has 0 saturated heterocycles. The fraction of sp³-hybridized carbons (Fsp3) is 0.750. The molecular weight excluding hydrogens is 254 g/mol. The molecule has 1 aromatic rings. The van der Waals surface area contributed by atoms with Gasteiger partial charge < -0.3 is 9.26 Å². The van der Waals surface area contributed by atoms with E-state index in [1.165, 1.54) is 12.7 Å². The summed E-state index contributed by atoms with van der Waals surface area (Å²) in [6.07, 6.45) is 5.42. The summed E-state index contributed by atoms with van der Waals surface area (Å²) in [5.74, 6) is 1.33. The predicted octanol–water partition coefficient (Wildman–Crippen LogP) is 3.85. The summed E-state index contributed by atoms with van der Waals surface area (Å²) in [5.41, 5.74) is 1.16. The first kappa shape index (κ1) is 15.1. The number of esters is 1. The first-order valence-corrected chi connectivity index (χ1v) is 7.67. The average Bonchev–Trinajstić information content (AvgIpc) is 2.86. The molecule has 2 rings (SSSR count). The van der Waals surface area contributed by atoms with Crippen LogP contribution in [0.1, 0.15) is 63.0 Å². The van der Waals surface area contributed by atoms with E-state index in [0.717, 1.165) is 12.8 Å². The van der Waals surface area contributed by atoms with Gasteiger partial charge in [0.15, 0.2) is 0 Å². The summed E-state index contributed by atoms with van der Waals surface area (Å²) in [5, 5.41) is 3.84. The van der Waals surface area contributed by atoms with Gasteiger partial charge in [-0.3, -0.25) is 0 Å². The fourth-order valence-corrected chi connectivity index (χ4v) is 3.13. The number of rotatable bonds is 4. The van der Waals surface area contributed by atoms with Crippen LogP contribution >= 0.6 is 0 Å². The third-order valence-electron chi connectivity index (χ3n) is 4.42. The van der Waals surface area contributed by atoms with Gasteiger partial charge in [-0.2, -0.15) is 0 Å². The van der Waals surface area contributed by atoms with Gasteiger partial charge in [-0.1, -0.05) is 39.3 Å². The number of aromatic nitrogens is 1. The van der Waals surface area contributed by atoms with Crippen molar-refractivity contribution in [3.05, 3.63) is 17.5 Å². The minimum absolute atomic E-state index is 0.0193. The van der Waals surface area contributed by atoms with E-state index < -0.39 is 0 Å². The minimum atomic E-state index is -0.284. The molecule has 0 aliphatic heterocycles. The van der Waals surface area contributed by atoms with E-state index in [2.05, 4.69) is 25.9 Å². The molecule has 4 nitrogen and oxygen atoms in total. The Labute approximate surface area is 120 Å². The Balaban J connectivity index is 2.08. The summed E-state index contributed by atoms with van der Waals surface area (Å²) in [6.45, 7) is 8.60. The van der Waals surface area contributed by atoms with Gasteiger partial charge >= 0.3 is 5.97 Å². The van der Waals surface area contributed by atoms with Crippen molar-refractivity contribution in [2.75, 3.05) is 0 Å². The predicted molar refractivity (Wildman–Crippen MR) is 76.4 cm³/mol. The zero-order valence-corrected chi connectivity index (χ0v) is 12.9. The lowest BCUT2D eigenvalue weighted by Gasteiger charge is -2.36. The molecule has 1 heterocycles. The third-order valence-corrected chi connectivity index (χ3v) is 4.42. The van der Waals surface area contributed by atoms with Crippen LogP contribution in [0.3, 0.4) is 0 Å². The SMILES string of the molecule is CCc1nocc1C(=O)O[C@@H]1C[C@H](C)CC[C@H]1C(C)C. The first-order chi connectivity index (χ1) is 9.52. The molecule has 1 aromatic heterocycles. The molecule has 0 amide bonds. The van der Waals surface area contributed by atoms with Gasteiger partial charge in [-0.05, 0) is 37.0 Å². The van der Waals surface area contributed by atoms with Gasteiger partial charge in [0, 0.05) is 0 Å². The molecular formula is C16H25NO3. The molecule has 20 heavy (non-hydrogen) atoms. The van der Waals surface area contributed by atoms with Crippen LogP contribution in [0.25, 0.3) is 0 Å². The fourth-order valence-electron chi connectivity index (χ4n) is 3.13. The number of carbonyl (C=O) groups is 1. The molecule has 1 aliphatic carbocycles. The topological polar surface area (TPSA) is 52.3 Å². The Bertz CT molecular complexity index is 452. The lowest BCUT2D eigenvalue weighted by atomic mass is 9.75. The molecule has 3 atom stereocenters. The van der Waals surface area contributed by atoms with Crippen molar-refractivity contribution in [1.29, 1.82) is 0 Å². The van der Waals surface area contributed by atoms with Crippen molar-refractivity contribution in [3.63, 3.8) is 0 Å². The normalized spacial score (nSPS) is 26.8. The van der Waals surface area contributed by atoms with Crippen LogP contribution in [0.4, 0.5) is 0 Å². The summed E-state index contributed by atoms with van der Waals surface area (Å²) in [4.78, 5) is 12.3. The van der Waals surface area contributed by atoms with Gasteiger partial charge in [0.2, 0.25) is 0 Å². The number of hydrogen-bond donors (Lipinski definition) is 0. The highest BCUT2D eigenvalue weighted by Gasteiger charge is 2.34. The van der Waals surface area contributed by atoms with E-state index >= 15 is 0 Å². The number of ether oxygens (including phenoxy) is 1. The van der Waals surface area contributed by atoms with Crippen molar-refractivity contribution in [3.8, 4) is 0 Å². The Morgan fingerprint density at radius 2 is 2.25 bits per heavy atom. The van der Waals surface area contributed by atoms with Gasteiger partial charge in [0.05, 0.1) is 5.69 Å². The number of nitrogens with zero attached hydrogens (tertiary/aromatic N) is 1. The third kappa shape index (κ3) is 3.22. The average molecular weight is 279 g/mol. The van der Waals surface area contributed by atoms with Crippen molar-refractivity contribution in [2.24, 2.45) is 17.8 Å². The smallest absolute Gasteiger partial charge is 0.343 e. The Hall–Kier alpha value is -1.32. The van der Waals surface area contributed by atoms with Gasteiger partial charge in [0.25, 0.3) is 0 Å². The maximum absolute atomic E-state index is 12.3. The molecule has 0 N–H and O–H groups in total. The van der Waals surface area contributed by atoms with Crippen molar-refractivity contribution < 1.29 is 14.1 Å². The quantitative estimate of drug-likeness (QED) is 0.785. The first-order valence-electron chi connectivity index (χ1n) is 7.67. The van der Waals surface area contributed by atoms with Crippen LogP contribution in [0.5, 0.6) is 0 Å². The highest BCUT2D eigenvalue weighted by molar-refractivity contribution is 5.90. The molecule has 1 fully saturated rings. The van der Waals surface area contributed by atoms with Crippen LogP contribution < -0.4 is 0 Å². The van der Waals surface area contributed by atoms with Crippen LogP contribution in [0, 0.1) is 17.8 Å². The Morgan fingerprint density at radius 1 is 1.50 bits per heavy atom. The van der Waals surface area contributed by atoms with E-state index in [1.807, 2.05) is 6.92 Å². The second-order valence-electron chi connectivity index (χ2n) is 6.30. The molecule has 0 spiro atoms. The zero-order valence-electron chi connectivity index (χ0n) is 12.9. The zero-order chi connectivity index (χ0) is 14.7. The Kier molecular flexibility index (Phi) is 4.84. The van der Waals surface area contributed by atoms with Crippen LogP contribution in [-0.4, -0.2) is 17.2 Å². The lowest BCUT2D eigenvalue weighted by molar-refractivity contribution is -0.0175. The summed E-state index contributed by atoms with van der Waals surface area (Å²) < 4.78 is 10.7. The van der Waals surface area contributed by atoms with Crippen LogP contribution in [0.2, 0.25) is 0 Å². The van der Waals surface area contributed by atoms with E-state index in [9.17, 15) is 4.79 Å². The van der Waals surface area contributed by atoms with E-state index in [0.29, 0.717) is 35.4 Å². The van der Waals surface area contributed by atoms with Gasteiger partial charge in [-0.25, -0.2) is 4.79 Å². The van der Waals surface area contributed by atoms with Crippen molar-refractivity contribution in [1.82, 2.24) is 5.16 Å². The van der Waals surface area contributed by atoms with E-state index in [1.54, 1.807) is 0 Å². The highest BCUT2D eigenvalue weighted by Crippen LogP contribution is 2.35. The minimum Gasteiger partial charge on any atom is -0.458 e. The van der Waals surface area contributed by atoms with Crippen molar-refractivity contribution >= 4 is 5.97 Å². The monoisotopic (exact) mass is 279 g/mol. The van der Waals surface area contributed by atoms with Gasteiger partial charge in [0.1, 0.15) is 17.9 Å². The second-order valence-corrected chi connectivity index (χ2v) is 6.30. The lowest BCUT2D eigenvalue weighted by Crippen LogP contribution is -2.36. The molecule has 4 heteroatoms. The molecule has 0 aromatic carbocycles. The molecule has 1 aliphatic rings. The molecule has 0 unspecified atom stereocenters. The van der Waals surface area contributed by atoms with Gasteiger partial charge in [-0.15, -0.1) is 0 Å². The Morgan fingerprint density at radius 3 is 2.90 bits per heavy atom. The van der Waals surface area contributed by atoms with Crippen molar-refractivity contribution in [2.45, 2.75) is 59.5 Å². The highest BCUT2D eigenvalue weighted by atomic mass is 16.5. The summed E-state index contributed by atoms with van der Waals surface area (Å²) in [6, 6.07) is 0. The molecule has 0 radical (unpaired) electrons. The molecule has 112 valence electrons. The molecule has 0 bridgehead atoms. The largest absolute Gasteiger partial charge is 0.458 e. The maximum atomic E-state index is 12.3. The van der Waals surface area contributed by atoms with Crippen LogP contribution in [0.15, 0.2) is 10.8 Å². The maximum Gasteiger partial charge on any atom is 0.343 e. The van der Waals surface area contributed by atoms with E-state index in [-0.39, 0.29) is 12.1 Å².